The second-order valence-corrected chi connectivity index (χ2v) is 3.22. The van der Waals surface area contributed by atoms with Crippen molar-refractivity contribution in [3.8, 4) is 0 Å². The van der Waals surface area contributed by atoms with Crippen molar-refractivity contribution < 1.29 is 9.53 Å². The molecule has 0 aromatic heterocycles. The van der Waals surface area contributed by atoms with Gasteiger partial charge in [-0.25, -0.2) is 5.84 Å². The van der Waals surface area contributed by atoms with Gasteiger partial charge in [0.2, 0.25) is 5.91 Å². The topological polar surface area (TPSA) is 64.4 Å². The smallest absolute Gasteiger partial charge is 0.240 e. The fourth-order valence-electron chi connectivity index (χ4n) is 1.66. The zero-order valence-electron chi connectivity index (χ0n) is 7.43. The third-order valence-corrected chi connectivity index (χ3v) is 2.74. The van der Waals surface area contributed by atoms with E-state index in [0.29, 0.717) is 13.2 Å². The predicted molar refractivity (Wildman–Crippen MR) is 45.1 cm³/mol. The van der Waals surface area contributed by atoms with Crippen molar-refractivity contribution in [3.05, 3.63) is 0 Å². The minimum Gasteiger partial charge on any atom is -0.381 e. The number of ether oxygens (including phenoxy) is 1. The maximum absolute atomic E-state index is 11.4. The van der Waals surface area contributed by atoms with Crippen LogP contribution >= 0.6 is 0 Å². The van der Waals surface area contributed by atoms with Gasteiger partial charge in [0, 0.05) is 13.2 Å². The number of nitrogens with two attached hydrogens (primary N) is 1. The van der Waals surface area contributed by atoms with Crippen molar-refractivity contribution in [2.75, 3.05) is 13.2 Å². The van der Waals surface area contributed by atoms with E-state index in [2.05, 4.69) is 5.43 Å². The van der Waals surface area contributed by atoms with Crippen LogP contribution in [-0.4, -0.2) is 19.1 Å². The molecule has 1 aliphatic heterocycles. The lowest BCUT2D eigenvalue weighted by molar-refractivity contribution is -0.137. The Hall–Kier alpha value is -0.610. The maximum Gasteiger partial charge on any atom is 0.240 e. The molecule has 0 atom stereocenters. The lowest BCUT2D eigenvalue weighted by Crippen LogP contribution is -2.46. The Balaban J connectivity index is 2.66. The van der Waals surface area contributed by atoms with Crippen LogP contribution in [0.1, 0.15) is 26.2 Å². The van der Waals surface area contributed by atoms with E-state index < -0.39 is 0 Å². The number of hydrogen-bond donors (Lipinski definition) is 2. The van der Waals surface area contributed by atoms with Crippen molar-refractivity contribution in [1.29, 1.82) is 0 Å². The van der Waals surface area contributed by atoms with Crippen molar-refractivity contribution in [2.45, 2.75) is 26.2 Å². The Morgan fingerprint density at radius 3 is 2.58 bits per heavy atom. The molecule has 0 radical (unpaired) electrons. The minimum absolute atomic E-state index is 0.0479. The molecule has 0 bridgehead atoms. The molecule has 0 spiro atoms. The van der Waals surface area contributed by atoms with Gasteiger partial charge in [-0.05, 0) is 19.3 Å². The van der Waals surface area contributed by atoms with E-state index in [9.17, 15) is 4.79 Å². The summed E-state index contributed by atoms with van der Waals surface area (Å²) < 4.78 is 5.20. The molecular formula is C8H16N2O2. The summed E-state index contributed by atoms with van der Waals surface area (Å²) >= 11 is 0. The fourth-order valence-corrected chi connectivity index (χ4v) is 1.66. The molecule has 3 N–H and O–H groups in total. The number of hydrazine groups is 1. The summed E-state index contributed by atoms with van der Waals surface area (Å²) in [4.78, 5) is 11.4. The van der Waals surface area contributed by atoms with Gasteiger partial charge in [0.05, 0.1) is 5.41 Å². The molecule has 0 unspecified atom stereocenters. The van der Waals surface area contributed by atoms with Crippen molar-refractivity contribution in [2.24, 2.45) is 11.3 Å². The SMILES string of the molecule is CCC1(C(=O)NN)CCOCC1. The predicted octanol–water partition coefficient (Wildman–Crippen LogP) is 0.183. The molecule has 1 saturated heterocycles. The van der Waals surface area contributed by atoms with Gasteiger partial charge >= 0.3 is 0 Å². The number of nitrogens with one attached hydrogen (secondary N) is 1. The summed E-state index contributed by atoms with van der Waals surface area (Å²) in [5.74, 6) is 5.08. The second-order valence-electron chi connectivity index (χ2n) is 3.22. The summed E-state index contributed by atoms with van der Waals surface area (Å²) in [6, 6.07) is 0. The van der Waals surface area contributed by atoms with E-state index in [1.807, 2.05) is 6.92 Å². The normalized spacial score (nSPS) is 21.8. The molecule has 4 heteroatoms. The summed E-state index contributed by atoms with van der Waals surface area (Å²) in [5, 5.41) is 0. The molecule has 0 aromatic rings. The Bertz CT molecular complexity index is 164. The molecule has 1 amide bonds. The van der Waals surface area contributed by atoms with Crippen LogP contribution in [0, 0.1) is 5.41 Å². The molecule has 70 valence electrons. The minimum atomic E-state index is -0.271. The first-order valence-electron chi connectivity index (χ1n) is 4.34. The van der Waals surface area contributed by atoms with Gasteiger partial charge in [-0.1, -0.05) is 6.92 Å². The van der Waals surface area contributed by atoms with Crippen molar-refractivity contribution in [3.63, 3.8) is 0 Å². The first-order valence-corrected chi connectivity index (χ1v) is 4.34. The number of carbonyl (C=O) groups excluding carboxylic acids is 1. The van der Waals surface area contributed by atoms with Crippen LogP contribution in [0.5, 0.6) is 0 Å². The van der Waals surface area contributed by atoms with Crippen molar-refractivity contribution >= 4 is 5.91 Å². The van der Waals surface area contributed by atoms with Crippen LogP contribution in [0.4, 0.5) is 0 Å². The fraction of sp³-hybridized carbons (Fsp3) is 0.875. The summed E-state index contributed by atoms with van der Waals surface area (Å²) in [7, 11) is 0. The quantitative estimate of drug-likeness (QED) is 0.355. The number of amides is 1. The Morgan fingerprint density at radius 2 is 2.17 bits per heavy atom. The highest BCUT2D eigenvalue weighted by Gasteiger charge is 2.37. The first kappa shape index (κ1) is 9.48. The summed E-state index contributed by atoms with van der Waals surface area (Å²) in [6.45, 7) is 3.35. The average Bonchev–Trinajstić information content (AvgIpc) is 2.17. The molecule has 1 rings (SSSR count). The van der Waals surface area contributed by atoms with E-state index >= 15 is 0 Å². The Morgan fingerprint density at radius 1 is 1.58 bits per heavy atom. The molecule has 1 aliphatic rings. The molecule has 0 aliphatic carbocycles. The van der Waals surface area contributed by atoms with Gasteiger partial charge in [0.15, 0.2) is 0 Å². The summed E-state index contributed by atoms with van der Waals surface area (Å²) in [5.41, 5.74) is 1.96. The van der Waals surface area contributed by atoms with E-state index in [4.69, 9.17) is 10.6 Å². The highest BCUT2D eigenvalue weighted by molar-refractivity contribution is 5.82. The largest absolute Gasteiger partial charge is 0.381 e. The van der Waals surface area contributed by atoms with Crippen LogP contribution in [-0.2, 0) is 9.53 Å². The molecule has 12 heavy (non-hydrogen) atoms. The van der Waals surface area contributed by atoms with Crippen LogP contribution in [0.2, 0.25) is 0 Å². The summed E-state index contributed by atoms with van der Waals surface area (Å²) in [6.07, 6.45) is 2.40. The van der Waals surface area contributed by atoms with Gasteiger partial charge in [0.1, 0.15) is 0 Å². The lowest BCUT2D eigenvalue weighted by Gasteiger charge is -2.33. The third kappa shape index (κ3) is 1.59. The lowest BCUT2D eigenvalue weighted by atomic mass is 9.77. The molecule has 0 saturated carbocycles. The first-order chi connectivity index (χ1) is 5.75. The monoisotopic (exact) mass is 172 g/mol. The van der Waals surface area contributed by atoms with Gasteiger partial charge in [-0.3, -0.25) is 10.2 Å². The zero-order valence-corrected chi connectivity index (χ0v) is 7.43. The molecule has 4 nitrogen and oxygen atoms in total. The van der Waals surface area contributed by atoms with Gasteiger partial charge in [-0.15, -0.1) is 0 Å². The number of carbonyl (C=O) groups is 1. The maximum atomic E-state index is 11.4. The van der Waals surface area contributed by atoms with Gasteiger partial charge < -0.3 is 4.74 Å². The third-order valence-electron chi connectivity index (χ3n) is 2.74. The number of rotatable bonds is 2. The standard InChI is InChI=1S/C8H16N2O2/c1-2-8(7(11)10-9)3-5-12-6-4-8/h2-6,9H2,1H3,(H,10,11). The second kappa shape index (κ2) is 3.87. The Labute approximate surface area is 72.4 Å². The molecule has 1 fully saturated rings. The molecular weight excluding hydrogens is 156 g/mol. The highest BCUT2D eigenvalue weighted by Crippen LogP contribution is 2.33. The van der Waals surface area contributed by atoms with Crippen molar-refractivity contribution in [1.82, 2.24) is 5.43 Å². The van der Waals surface area contributed by atoms with Crippen LogP contribution in [0.3, 0.4) is 0 Å². The average molecular weight is 172 g/mol. The zero-order chi connectivity index (χ0) is 9.03. The van der Waals surface area contributed by atoms with E-state index in [1.165, 1.54) is 0 Å². The molecule has 1 heterocycles. The van der Waals surface area contributed by atoms with Crippen LogP contribution in [0.15, 0.2) is 0 Å². The van der Waals surface area contributed by atoms with E-state index in [0.717, 1.165) is 19.3 Å². The van der Waals surface area contributed by atoms with E-state index in [-0.39, 0.29) is 11.3 Å². The van der Waals surface area contributed by atoms with Gasteiger partial charge in [-0.2, -0.15) is 0 Å². The van der Waals surface area contributed by atoms with Crippen LogP contribution < -0.4 is 11.3 Å². The Kier molecular flexibility index (Phi) is 3.05. The highest BCUT2D eigenvalue weighted by atomic mass is 16.5. The number of hydrogen-bond acceptors (Lipinski definition) is 3. The molecule has 0 aromatic carbocycles. The van der Waals surface area contributed by atoms with Gasteiger partial charge in [0.25, 0.3) is 0 Å². The van der Waals surface area contributed by atoms with Crippen LogP contribution in [0.25, 0.3) is 0 Å². The van der Waals surface area contributed by atoms with E-state index in [1.54, 1.807) is 0 Å².